The summed E-state index contributed by atoms with van der Waals surface area (Å²) in [4.78, 5) is 14.3. The van der Waals surface area contributed by atoms with Crippen molar-refractivity contribution in [3.63, 3.8) is 0 Å². The molecule has 3 nitrogen and oxygen atoms in total. The second-order valence-electron chi connectivity index (χ2n) is 5.75. The molecule has 0 saturated carbocycles. The molecular weight excluding hydrogens is 255 g/mol. The summed E-state index contributed by atoms with van der Waals surface area (Å²) in [6, 6.07) is 6.96. The number of carbonyl (C=O) groups is 1. The van der Waals surface area contributed by atoms with Crippen molar-refractivity contribution in [3.8, 4) is 0 Å². The van der Waals surface area contributed by atoms with Gasteiger partial charge in [-0.25, -0.2) is 4.39 Å². The van der Waals surface area contributed by atoms with Gasteiger partial charge in [0.25, 0.3) is 0 Å². The molecule has 2 saturated heterocycles. The zero-order valence-electron chi connectivity index (χ0n) is 11.3. The first kappa shape index (κ1) is 13.3. The molecule has 20 heavy (non-hydrogen) atoms. The van der Waals surface area contributed by atoms with E-state index >= 15 is 0 Å². The molecule has 0 aliphatic carbocycles. The van der Waals surface area contributed by atoms with Crippen LogP contribution in [-0.2, 0) is 4.79 Å². The lowest BCUT2D eigenvalue weighted by atomic mass is 9.98. The molecule has 0 aromatic heterocycles. The lowest BCUT2D eigenvalue weighted by Gasteiger charge is -2.37. The summed E-state index contributed by atoms with van der Waals surface area (Å²) < 4.78 is 12.8. The lowest BCUT2D eigenvalue weighted by Crippen LogP contribution is -2.49. The number of hydrogen-bond donors (Lipinski definition) is 1. The Balaban J connectivity index is 1.69. The maximum Gasteiger partial charge on any atom is 0.247 e. The molecule has 0 spiro atoms. The topological polar surface area (TPSA) is 46.3 Å². The van der Waals surface area contributed by atoms with Crippen molar-refractivity contribution in [3.05, 3.63) is 41.7 Å². The van der Waals surface area contributed by atoms with E-state index in [2.05, 4.69) is 0 Å². The number of hydrogen-bond acceptors (Lipinski definition) is 2. The molecule has 4 heteroatoms. The van der Waals surface area contributed by atoms with Crippen LogP contribution in [0, 0.1) is 5.82 Å². The van der Waals surface area contributed by atoms with E-state index in [9.17, 15) is 9.18 Å². The van der Waals surface area contributed by atoms with Crippen molar-refractivity contribution in [2.24, 2.45) is 5.73 Å². The first-order valence-electron chi connectivity index (χ1n) is 7.15. The maximum atomic E-state index is 12.8. The van der Waals surface area contributed by atoms with Crippen LogP contribution in [0.3, 0.4) is 0 Å². The van der Waals surface area contributed by atoms with Crippen molar-refractivity contribution in [1.82, 2.24) is 4.90 Å². The third kappa shape index (κ3) is 2.61. The highest BCUT2D eigenvalue weighted by Crippen LogP contribution is 2.35. The summed E-state index contributed by atoms with van der Waals surface area (Å²) in [5.74, 6) is -0.217. The van der Waals surface area contributed by atoms with E-state index in [1.165, 1.54) is 12.1 Å². The standard InChI is InChI=1S/C16H19FN2O/c17-12-4-1-11(2-5-12)3-8-16(20)19-14-6-7-15(19)10-13(18)9-14/h1-5,8,13-15H,6-7,9-10,18H2. The minimum Gasteiger partial charge on any atom is -0.333 e. The van der Waals surface area contributed by atoms with E-state index in [0.717, 1.165) is 31.2 Å². The fourth-order valence-corrected chi connectivity index (χ4v) is 3.41. The number of fused-ring (bicyclic) bond motifs is 2. The molecule has 0 radical (unpaired) electrons. The number of carbonyl (C=O) groups excluding carboxylic acids is 1. The van der Waals surface area contributed by atoms with Gasteiger partial charge in [-0.2, -0.15) is 0 Å². The van der Waals surface area contributed by atoms with Crippen LogP contribution < -0.4 is 5.73 Å². The smallest absolute Gasteiger partial charge is 0.247 e. The summed E-state index contributed by atoms with van der Waals surface area (Å²) in [7, 11) is 0. The van der Waals surface area contributed by atoms with E-state index < -0.39 is 0 Å². The number of rotatable bonds is 2. The quantitative estimate of drug-likeness (QED) is 0.841. The van der Waals surface area contributed by atoms with Crippen LogP contribution in [0.4, 0.5) is 4.39 Å². The normalized spacial score (nSPS) is 29.1. The van der Waals surface area contributed by atoms with Gasteiger partial charge in [-0.3, -0.25) is 4.79 Å². The van der Waals surface area contributed by atoms with Crippen LogP contribution in [0.5, 0.6) is 0 Å². The van der Waals surface area contributed by atoms with Gasteiger partial charge < -0.3 is 10.6 Å². The molecule has 1 aromatic rings. The van der Waals surface area contributed by atoms with Gasteiger partial charge in [-0.1, -0.05) is 12.1 Å². The summed E-state index contributed by atoms with van der Waals surface area (Å²) in [5, 5.41) is 0. The van der Waals surface area contributed by atoms with Crippen LogP contribution in [-0.4, -0.2) is 28.9 Å². The summed E-state index contributed by atoms with van der Waals surface area (Å²) in [5.41, 5.74) is 6.84. The van der Waals surface area contributed by atoms with Crippen molar-refractivity contribution >= 4 is 12.0 Å². The number of halogens is 1. The Morgan fingerprint density at radius 2 is 1.80 bits per heavy atom. The number of nitrogens with two attached hydrogens (primary N) is 1. The monoisotopic (exact) mass is 274 g/mol. The molecule has 2 unspecified atom stereocenters. The average Bonchev–Trinajstić information content (AvgIpc) is 2.70. The van der Waals surface area contributed by atoms with Gasteiger partial charge in [0.05, 0.1) is 0 Å². The second kappa shape index (κ2) is 5.37. The van der Waals surface area contributed by atoms with E-state index in [1.54, 1.807) is 24.3 Å². The minimum absolute atomic E-state index is 0.0497. The van der Waals surface area contributed by atoms with Gasteiger partial charge in [0.2, 0.25) is 5.91 Å². The zero-order valence-corrected chi connectivity index (χ0v) is 11.3. The highest BCUT2D eigenvalue weighted by Gasteiger charge is 2.41. The largest absolute Gasteiger partial charge is 0.333 e. The molecule has 2 heterocycles. The van der Waals surface area contributed by atoms with Crippen LogP contribution in [0.25, 0.3) is 6.08 Å². The summed E-state index contributed by atoms with van der Waals surface area (Å²) >= 11 is 0. The van der Waals surface area contributed by atoms with Crippen LogP contribution in [0.1, 0.15) is 31.2 Å². The second-order valence-corrected chi connectivity index (χ2v) is 5.75. The first-order chi connectivity index (χ1) is 9.63. The van der Waals surface area contributed by atoms with Crippen LogP contribution >= 0.6 is 0 Å². The molecule has 2 fully saturated rings. The fourth-order valence-electron chi connectivity index (χ4n) is 3.41. The van der Waals surface area contributed by atoms with Crippen LogP contribution in [0.2, 0.25) is 0 Å². The van der Waals surface area contributed by atoms with Gasteiger partial charge in [0.1, 0.15) is 5.82 Å². The Labute approximate surface area is 118 Å². The van der Waals surface area contributed by atoms with Gasteiger partial charge in [-0.05, 0) is 49.5 Å². The lowest BCUT2D eigenvalue weighted by molar-refractivity contribution is -0.130. The third-order valence-corrected chi connectivity index (χ3v) is 4.31. The average molecular weight is 274 g/mol. The Morgan fingerprint density at radius 3 is 2.40 bits per heavy atom. The highest BCUT2D eigenvalue weighted by molar-refractivity contribution is 5.92. The number of benzene rings is 1. The predicted molar refractivity (Wildman–Crippen MR) is 76.3 cm³/mol. The number of amides is 1. The zero-order chi connectivity index (χ0) is 14.1. The number of piperidine rings is 1. The molecule has 1 amide bonds. The maximum absolute atomic E-state index is 12.8. The van der Waals surface area contributed by atoms with Gasteiger partial charge >= 0.3 is 0 Å². The third-order valence-electron chi connectivity index (χ3n) is 4.31. The predicted octanol–water partition coefficient (Wildman–Crippen LogP) is 2.32. The number of nitrogens with zero attached hydrogens (tertiary/aromatic N) is 1. The molecular formula is C16H19FN2O. The van der Waals surface area contributed by atoms with Crippen LogP contribution in [0.15, 0.2) is 30.3 Å². The molecule has 2 N–H and O–H groups in total. The minimum atomic E-state index is -0.267. The Morgan fingerprint density at radius 1 is 1.20 bits per heavy atom. The van der Waals surface area contributed by atoms with Gasteiger partial charge in [0, 0.05) is 24.2 Å². The van der Waals surface area contributed by atoms with E-state index in [0.29, 0.717) is 12.1 Å². The molecule has 2 aliphatic heterocycles. The SMILES string of the molecule is NC1CC2CCC(C1)N2C(=O)C=Cc1ccc(F)cc1. The Hall–Kier alpha value is -1.68. The molecule has 2 bridgehead atoms. The van der Waals surface area contributed by atoms with Crippen molar-refractivity contribution < 1.29 is 9.18 Å². The van der Waals surface area contributed by atoms with Gasteiger partial charge in [-0.15, -0.1) is 0 Å². The van der Waals surface area contributed by atoms with Gasteiger partial charge in [0.15, 0.2) is 0 Å². The molecule has 2 atom stereocenters. The molecule has 106 valence electrons. The van der Waals surface area contributed by atoms with Crippen molar-refractivity contribution in [1.29, 1.82) is 0 Å². The summed E-state index contributed by atoms with van der Waals surface area (Å²) in [6.45, 7) is 0. The molecule has 3 rings (SSSR count). The van der Waals surface area contributed by atoms with Crippen molar-refractivity contribution in [2.45, 2.75) is 43.8 Å². The van der Waals surface area contributed by atoms with E-state index in [1.807, 2.05) is 4.90 Å². The van der Waals surface area contributed by atoms with E-state index in [4.69, 9.17) is 5.73 Å². The first-order valence-corrected chi connectivity index (χ1v) is 7.15. The molecule has 1 aromatic carbocycles. The highest BCUT2D eigenvalue weighted by atomic mass is 19.1. The Kier molecular flexibility index (Phi) is 3.57. The molecule has 2 aliphatic rings. The Bertz CT molecular complexity index is 512. The van der Waals surface area contributed by atoms with E-state index in [-0.39, 0.29) is 17.8 Å². The fraction of sp³-hybridized carbons (Fsp3) is 0.438. The van der Waals surface area contributed by atoms with Crippen molar-refractivity contribution in [2.75, 3.05) is 0 Å². The summed E-state index contributed by atoms with van der Waals surface area (Å²) in [6.07, 6.45) is 7.29.